The minimum Gasteiger partial charge on any atom is -0.496 e. The van der Waals surface area contributed by atoms with Crippen LogP contribution in [0.2, 0.25) is 0 Å². The van der Waals surface area contributed by atoms with Crippen molar-refractivity contribution >= 4 is 17.5 Å². The number of hydrogen-bond acceptors (Lipinski definition) is 5. The van der Waals surface area contributed by atoms with Crippen LogP contribution in [-0.4, -0.2) is 55.9 Å². The first-order valence-corrected chi connectivity index (χ1v) is 9.00. The van der Waals surface area contributed by atoms with Crippen molar-refractivity contribution in [3.05, 3.63) is 47.4 Å². The number of nitrogens with zero attached hydrogens (tertiary/aromatic N) is 2. The lowest BCUT2D eigenvalue weighted by Gasteiger charge is -2.15. The standard InChI is InChI=1S/C20H25N3O4/c1-22(2)20(25)16-12-14(6-8-17(16)26-3)21-19(24)18-9-7-15(27-18)13-23-10-4-5-11-23/h6-9,12H,4-5,10-11,13H2,1-3H3,(H,21,24). The lowest BCUT2D eigenvalue weighted by atomic mass is 10.1. The zero-order valence-corrected chi connectivity index (χ0v) is 15.9. The van der Waals surface area contributed by atoms with Crippen molar-refractivity contribution in [1.29, 1.82) is 0 Å². The molecule has 144 valence electrons. The van der Waals surface area contributed by atoms with Gasteiger partial charge in [0, 0.05) is 19.8 Å². The largest absolute Gasteiger partial charge is 0.496 e. The van der Waals surface area contributed by atoms with Gasteiger partial charge in [-0.3, -0.25) is 14.5 Å². The molecule has 0 atom stereocenters. The van der Waals surface area contributed by atoms with E-state index in [9.17, 15) is 9.59 Å². The Bertz CT molecular complexity index is 822. The van der Waals surface area contributed by atoms with Gasteiger partial charge in [-0.1, -0.05) is 0 Å². The maximum absolute atomic E-state index is 12.5. The molecule has 1 aliphatic heterocycles. The van der Waals surface area contributed by atoms with Crippen LogP contribution in [0.3, 0.4) is 0 Å². The summed E-state index contributed by atoms with van der Waals surface area (Å²) >= 11 is 0. The Morgan fingerprint density at radius 3 is 2.59 bits per heavy atom. The number of hydrogen-bond donors (Lipinski definition) is 1. The molecule has 0 unspecified atom stereocenters. The molecule has 0 radical (unpaired) electrons. The van der Waals surface area contributed by atoms with Gasteiger partial charge in [-0.25, -0.2) is 0 Å². The number of carbonyl (C=O) groups excluding carboxylic acids is 2. The average Bonchev–Trinajstić information content (AvgIpc) is 3.33. The van der Waals surface area contributed by atoms with Crippen molar-refractivity contribution in [3.8, 4) is 5.75 Å². The van der Waals surface area contributed by atoms with Crippen LogP contribution in [0.4, 0.5) is 5.69 Å². The molecule has 0 spiro atoms. The van der Waals surface area contributed by atoms with Gasteiger partial charge in [0.2, 0.25) is 0 Å². The molecule has 3 rings (SSSR count). The molecular formula is C20H25N3O4. The highest BCUT2D eigenvalue weighted by Crippen LogP contribution is 2.24. The molecule has 1 aliphatic rings. The summed E-state index contributed by atoms with van der Waals surface area (Å²) in [7, 11) is 4.83. The smallest absolute Gasteiger partial charge is 0.291 e. The van der Waals surface area contributed by atoms with Crippen LogP contribution in [0.5, 0.6) is 5.75 Å². The molecule has 0 saturated carbocycles. The number of anilines is 1. The molecule has 7 nitrogen and oxygen atoms in total. The van der Waals surface area contributed by atoms with Gasteiger partial charge in [0.15, 0.2) is 5.76 Å². The zero-order chi connectivity index (χ0) is 19.4. The van der Waals surface area contributed by atoms with Gasteiger partial charge in [-0.2, -0.15) is 0 Å². The van der Waals surface area contributed by atoms with Gasteiger partial charge in [-0.05, 0) is 56.3 Å². The van der Waals surface area contributed by atoms with Crippen LogP contribution in [0.25, 0.3) is 0 Å². The highest BCUT2D eigenvalue weighted by molar-refractivity contribution is 6.04. The van der Waals surface area contributed by atoms with E-state index in [-0.39, 0.29) is 17.6 Å². The SMILES string of the molecule is COc1ccc(NC(=O)c2ccc(CN3CCCC3)o2)cc1C(=O)N(C)C. The Morgan fingerprint density at radius 2 is 1.93 bits per heavy atom. The fourth-order valence-corrected chi connectivity index (χ4v) is 3.13. The van der Waals surface area contributed by atoms with Crippen molar-refractivity contribution in [3.63, 3.8) is 0 Å². The van der Waals surface area contributed by atoms with Gasteiger partial charge in [0.05, 0.1) is 19.2 Å². The molecule has 1 aromatic carbocycles. The molecule has 0 bridgehead atoms. The predicted molar refractivity (Wildman–Crippen MR) is 102 cm³/mol. The molecule has 2 amide bonds. The number of furan rings is 1. The van der Waals surface area contributed by atoms with E-state index in [0.717, 1.165) is 25.4 Å². The van der Waals surface area contributed by atoms with E-state index in [2.05, 4.69) is 10.2 Å². The summed E-state index contributed by atoms with van der Waals surface area (Å²) in [5.74, 6) is 0.934. The van der Waals surface area contributed by atoms with E-state index >= 15 is 0 Å². The average molecular weight is 371 g/mol. The van der Waals surface area contributed by atoms with Crippen LogP contribution < -0.4 is 10.1 Å². The molecule has 7 heteroatoms. The maximum Gasteiger partial charge on any atom is 0.291 e. The number of benzene rings is 1. The third-order valence-electron chi connectivity index (χ3n) is 4.56. The minimum absolute atomic E-state index is 0.200. The summed E-state index contributed by atoms with van der Waals surface area (Å²) in [6.45, 7) is 2.85. The molecule has 2 heterocycles. The number of carbonyl (C=O) groups is 2. The third-order valence-corrected chi connectivity index (χ3v) is 4.56. The van der Waals surface area contributed by atoms with E-state index < -0.39 is 0 Å². The first-order valence-electron chi connectivity index (χ1n) is 9.00. The number of ether oxygens (including phenoxy) is 1. The van der Waals surface area contributed by atoms with Crippen LogP contribution in [0.15, 0.2) is 34.7 Å². The van der Waals surface area contributed by atoms with Crippen molar-refractivity contribution in [2.75, 3.05) is 39.6 Å². The van der Waals surface area contributed by atoms with Gasteiger partial charge in [0.25, 0.3) is 11.8 Å². The van der Waals surface area contributed by atoms with E-state index in [1.54, 1.807) is 38.4 Å². The summed E-state index contributed by atoms with van der Waals surface area (Å²) in [6.07, 6.45) is 2.42. The summed E-state index contributed by atoms with van der Waals surface area (Å²) in [4.78, 5) is 28.6. The van der Waals surface area contributed by atoms with E-state index in [1.165, 1.54) is 24.9 Å². The molecule has 1 fully saturated rings. The third kappa shape index (κ3) is 4.49. The van der Waals surface area contributed by atoms with E-state index in [1.807, 2.05) is 6.07 Å². The second-order valence-electron chi connectivity index (χ2n) is 6.82. The molecular weight excluding hydrogens is 346 g/mol. The monoisotopic (exact) mass is 371 g/mol. The predicted octanol–water partition coefficient (Wildman–Crippen LogP) is 2.84. The summed E-state index contributed by atoms with van der Waals surface area (Å²) < 4.78 is 10.9. The second kappa shape index (κ2) is 8.26. The molecule has 27 heavy (non-hydrogen) atoms. The van der Waals surface area contributed by atoms with Crippen LogP contribution in [-0.2, 0) is 6.54 Å². The van der Waals surface area contributed by atoms with Gasteiger partial charge < -0.3 is 19.4 Å². The maximum atomic E-state index is 12.5. The Kier molecular flexibility index (Phi) is 5.81. The summed E-state index contributed by atoms with van der Waals surface area (Å²) in [5.41, 5.74) is 0.887. The van der Waals surface area contributed by atoms with Gasteiger partial charge >= 0.3 is 0 Å². The van der Waals surface area contributed by atoms with E-state index in [0.29, 0.717) is 17.0 Å². The quantitative estimate of drug-likeness (QED) is 0.845. The Balaban J connectivity index is 1.71. The van der Waals surface area contributed by atoms with Crippen molar-refractivity contribution in [2.45, 2.75) is 19.4 Å². The number of nitrogens with one attached hydrogen (secondary N) is 1. The minimum atomic E-state index is -0.351. The van der Waals surface area contributed by atoms with E-state index in [4.69, 9.17) is 9.15 Å². The second-order valence-corrected chi connectivity index (χ2v) is 6.82. The Morgan fingerprint density at radius 1 is 1.19 bits per heavy atom. The number of methoxy groups -OCH3 is 1. The molecule has 2 aromatic rings. The lowest BCUT2D eigenvalue weighted by molar-refractivity contribution is 0.0824. The highest BCUT2D eigenvalue weighted by atomic mass is 16.5. The van der Waals surface area contributed by atoms with Crippen molar-refractivity contribution < 1.29 is 18.7 Å². The fraction of sp³-hybridized carbons (Fsp3) is 0.400. The summed E-state index contributed by atoms with van der Waals surface area (Å²) in [5, 5.41) is 2.78. The van der Waals surface area contributed by atoms with Gasteiger partial charge in [-0.15, -0.1) is 0 Å². The highest BCUT2D eigenvalue weighted by Gasteiger charge is 2.18. The number of rotatable bonds is 6. The topological polar surface area (TPSA) is 75.0 Å². The first kappa shape index (κ1) is 19.0. The van der Waals surface area contributed by atoms with Crippen LogP contribution >= 0.6 is 0 Å². The van der Waals surface area contributed by atoms with Gasteiger partial charge in [0.1, 0.15) is 11.5 Å². The molecule has 1 saturated heterocycles. The number of amides is 2. The van der Waals surface area contributed by atoms with Crippen molar-refractivity contribution in [1.82, 2.24) is 9.80 Å². The Hall–Kier alpha value is -2.80. The Labute approximate surface area is 158 Å². The van der Waals surface area contributed by atoms with Crippen molar-refractivity contribution in [2.24, 2.45) is 0 Å². The first-order chi connectivity index (χ1) is 13.0. The molecule has 1 aromatic heterocycles. The zero-order valence-electron chi connectivity index (χ0n) is 15.9. The fourth-order valence-electron chi connectivity index (χ4n) is 3.13. The normalized spacial score (nSPS) is 14.2. The molecule has 0 aliphatic carbocycles. The molecule has 1 N–H and O–H groups in total. The summed E-state index contributed by atoms with van der Waals surface area (Å²) in [6, 6.07) is 8.47. The van der Waals surface area contributed by atoms with Crippen LogP contribution in [0, 0.1) is 0 Å². The lowest BCUT2D eigenvalue weighted by Crippen LogP contribution is -2.22. The number of likely N-dealkylation sites (tertiary alicyclic amines) is 1. The van der Waals surface area contributed by atoms with Crippen LogP contribution in [0.1, 0.15) is 39.5 Å².